The molecule has 7 nitrogen and oxygen atoms in total. The fourth-order valence-corrected chi connectivity index (χ4v) is 4.13. The predicted octanol–water partition coefficient (Wildman–Crippen LogP) is 1.47. The number of benzene rings is 1. The van der Waals surface area contributed by atoms with Gasteiger partial charge in [0.2, 0.25) is 5.91 Å². The first kappa shape index (κ1) is 18.5. The van der Waals surface area contributed by atoms with Crippen LogP contribution in [0.4, 0.5) is 0 Å². The highest BCUT2D eigenvalue weighted by Crippen LogP contribution is 2.42. The minimum absolute atomic E-state index is 0.0628. The van der Waals surface area contributed by atoms with Gasteiger partial charge in [-0.25, -0.2) is 0 Å². The lowest BCUT2D eigenvalue weighted by molar-refractivity contribution is -0.146. The predicted molar refractivity (Wildman–Crippen MR) is 95.4 cm³/mol. The Bertz CT molecular complexity index is 670. The zero-order valence-electron chi connectivity index (χ0n) is 15.3. The first-order valence-electron chi connectivity index (χ1n) is 8.95. The third-order valence-electron chi connectivity index (χ3n) is 5.81. The molecule has 2 aliphatic heterocycles. The van der Waals surface area contributed by atoms with E-state index in [9.17, 15) is 14.7 Å². The average Bonchev–Trinajstić information content (AvgIpc) is 2.89. The van der Waals surface area contributed by atoms with Crippen LogP contribution in [-0.2, 0) is 9.59 Å². The number of piperidine rings is 1. The Hall–Kier alpha value is -2.28. The molecule has 0 saturated carbocycles. The highest BCUT2D eigenvalue weighted by Gasteiger charge is 2.55. The second kappa shape index (κ2) is 7.53. The van der Waals surface area contributed by atoms with E-state index in [1.165, 1.54) is 0 Å². The van der Waals surface area contributed by atoms with Gasteiger partial charge in [-0.15, -0.1) is 0 Å². The minimum Gasteiger partial charge on any atom is -0.497 e. The molecule has 2 aliphatic rings. The van der Waals surface area contributed by atoms with Crippen molar-refractivity contribution in [2.45, 2.75) is 24.8 Å². The molecular weight excluding hydrogens is 336 g/mol. The number of methoxy groups -OCH3 is 1. The Labute approximate surface area is 153 Å². The number of likely N-dealkylation sites (tertiary alicyclic amines) is 2. The van der Waals surface area contributed by atoms with Crippen molar-refractivity contribution in [2.75, 3.05) is 40.4 Å². The fourth-order valence-electron chi connectivity index (χ4n) is 4.13. The molecule has 2 saturated heterocycles. The van der Waals surface area contributed by atoms with Gasteiger partial charge in [0.1, 0.15) is 18.1 Å². The summed E-state index contributed by atoms with van der Waals surface area (Å²) in [5.74, 6) is 0.000795. The van der Waals surface area contributed by atoms with E-state index >= 15 is 0 Å². The number of rotatable bonds is 6. The summed E-state index contributed by atoms with van der Waals surface area (Å²) < 4.78 is 11.0. The quantitative estimate of drug-likeness (QED) is 0.826. The summed E-state index contributed by atoms with van der Waals surface area (Å²) >= 11 is 0. The largest absolute Gasteiger partial charge is 0.497 e. The van der Waals surface area contributed by atoms with Crippen molar-refractivity contribution in [3.63, 3.8) is 0 Å². The summed E-state index contributed by atoms with van der Waals surface area (Å²) in [6.07, 6.45) is 1.49. The molecule has 1 amide bonds. The standard InChI is InChI=1S/C19H26N2O5/c1-20-17(22)13-16(18(23)24)19(20)6-8-21(9-7-19)10-11-26-15-5-3-4-14(12-15)25-2/h3-5,12,16H,6-11,13H2,1-2H3,(H,23,24)/t16-/m1/s1. The normalized spacial score (nSPS) is 22.6. The molecule has 0 aromatic heterocycles. The van der Waals surface area contributed by atoms with E-state index < -0.39 is 17.4 Å². The molecule has 2 fully saturated rings. The maximum atomic E-state index is 12.0. The zero-order valence-corrected chi connectivity index (χ0v) is 15.3. The van der Waals surface area contributed by atoms with Crippen LogP contribution >= 0.6 is 0 Å². The van der Waals surface area contributed by atoms with Gasteiger partial charge in [-0.2, -0.15) is 0 Å². The molecule has 0 radical (unpaired) electrons. The Morgan fingerprint density at radius 3 is 2.65 bits per heavy atom. The van der Waals surface area contributed by atoms with Crippen molar-refractivity contribution < 1.29 is 24.2 Å². The summed E-state index contributed by atoms with van der Waals surface area (Å²) in [6, 6.07) is 7.50. The smallest absolute Gasteiger partial charge is 0.309 e. The van der Waals surface area contributed by atoms with Crippen LogP contribution in [-0.4, -0.2) is 72.7 Å². The lowest BCUT2D eigenvalue weighted by atomic mass is 9.77. The van der Waals surface area contributed by atoms with Crippen molar-refractivity contribution in [1.29, 1.82) is 0 Å². The van der Waals surface area contributed by atoms with E-state index in [0.717, 1.165) is 31.1 Å². The second-order valence-electron chi connectivity index (χ2n) is 7.02. The molecule has 26 heavy (non-hydrogen) atoms. The van der Waals surface area contributed by atoms with Crippen molar-refractivity contribution in [3.8, 4) is 11.5 Å². The van der Waals surface area contributed by atoms with Crippen molar-refractivity contribution in [3.05, 3.63) is 24.3 Å². The van der Waals surface area contributed by atoms with E-state index in [0.29, 0.717) is 19.4 Å². The van der Waals surface area contributed by atoms with Gasteiger partial charge >= 0.3 is 5.97 Å². The van der Waals surface area contributed by atoms with Gasteiger partial charge in [0.25, 0.3) is 0 Å². The van der Waals surface area contributed by atoms with Crippen LogP contribution in [0.2, 0.25) is 0 Å². The van der Waals surface area contributed by atoms with E-state index in [4.69, 9.17) is 9.47 Å². The van der Waals surface area contributed by atoms with Crippen LogP contribution in [0.5, 0.6) is 11.5 Å². The highest BCUT2D eigenvalue weighted by molar-refractivity contribution is 5.88. The van der Waals surface area contributed by atoms with Crippen molar-refractivity contribution >= 4 is 11.9 Å². The first-order valence-corrected chi connectivity index (χ1v) is 8.95. The van der Waals surface area contributed by atoms with Gasteiger partial charge in [0, 0.05) is 39.2 Å². The number of carbonyl (C=O) groups is 2. The average molecular weight is 362 g/mol. The van der Waals surface area contributed by atoms with Crippen LogP contribution in [0.1, 0.15) is 19.3 Å². The van der Waals surface area contributed by atoms with Gasteiger partial charge in [-0.05, 0) is 25.0 Å². The summed E-state index contributed by atoms with van der Waals surface area (Å²) in [5.41, 5.74) is -0.535. The summed E-state index contributed by atoms with van der Waals surface area (Å²) in [6.45, 7) is 2.85. The number of amides is 1. The molecule has 1 N–H and O–H groups in total. The van der Waals surface area contributed by atoms with Crippen molar-refractivity contribution in [2.24, 2.45) is 5.92 Å². The van der Waals surface area contributed by atoms with Crippen LogP contribution in [0, 0.1) is 5.92 Å². The first-order chi connectivity index (χ1) is 12.5. The second-order valence-corrected chi connectivity index (χ2v) is 7.02. The van der Waals surface area contributed by atoms with E-state index in [1.807, 2.05) is 24.3 Å². The maximum absolute atomic E-state index is 12.0. The zero-order chi connectivity index (χ0) is 18.7. The van der Waals surface area contributed by atoms with Gasteiger partial charge < -0.3 is 19.5 Å². The number of carboxylic acid groups (broad SMARTS) is 1. The van der Waals surface area contributed by atoms with Gasteiger partial charge in [-0.3, -0.25) is 14.5 Å². The molecule has 0 bridgehead atoms. The maximum Gasteiger partial charge on any atom is 0.309 e. The Kier molecular flexibility index (Phi) is 5.36. The summed E-state index contributed by atoms with van der Waals surface area (Å²) in [5, 5.41) is 9.52. The number of ether oxygens (including phenoxy) is 2. The molecule has 2 heterocycles. The molecule has 1 aromatic rings. The van der Waals surface area contributed by atoms with Gasteiger partial charge in [0.15, 0.2) is 0 Å². The van der Waals surface area contributed by atoms with E-state index in [-0.39, 0.29) is 12.3 Å². The molecule has 1 atom stereocenters. The topological polar surface area (TPSA) is 79.3 Å². The van der Waals surface area contributed by atoms with Crippen LogP contribution < -0.4 is 9.47 Å². The fraction of sp³-hybridized carbons (Fsp3) is 0.579. The van der Waals surface area contributed by atoms with E-state index in [1.54, 1.807) is 19.1 Å². The SMILES string of the molecule is COc1cccc(OCCN2CCC3(CC2)[C@@H](C(=O)O)CC(=O)N3C)c1. The molecular formula is C19H26N2O5. The summed E-state index contributed by atoms with van der Waals surface area (Å²) in [4.78, 5) is 27.6. The third-order valence-corrected chi connectivity index (χ3v) is 5.81. The minimum atomic E-state index is -0.863. The number of nitrogens with zero attached hydrogens (tertiary/aromatic N) is 2. The number of hydrogen-bond donors (Lipinski definition) is 1. The number of carbonyl (C=O) groups excluding carboxylic acids is 1. The summed E-state index contributed by atoms with van der Waals surface area (Å²) in [7, 11) is 3.37. The van der Waals surface area contributed by atoms with E-state index in [2.05, 4.69) is 4.90 Å². The molecule has 7 heteroatoms. The molecule has 142 valence electrons. The van der Waals surface area contributed by atoms with Gasteiger partial charge in [-0.1, -0.05) is 6.07 Å². The molecule has 0 aliphatic carbocycles. The van der Waals surface area contributed by atoms with Crippen molar-refractivity contribution in [1.82, 2.24) is 9.80 Å². The molecule has 1 spiro atoms. The number of hydrogen-bond acceptors (Lipinski definition) is 5. The third kappa shape index (κ3) is 3.49. The Morgan fingerprint density at radius 1 is 1.31 bits per heavy atom. The lowest BCUT2D eigenvalue weighted by Gasteiger charge is -2.45. The molecule has 0 unspecified atom stereocenters. The lowest BCUT2D eigenvalue weighted by Crippen LogP contribution is -2.56. The monoisotopic (exact) mass is 362 g/mol. The van der Waals surface area contributed by atoms with Crippen LogP contribution in [0.25, 0.3) is 0 Å². The number of carboxylic acids is 1. The Balaban J connectivity index is 1.52. The molecule has 3 rings (SSSR count). The Morgan fingerprint density at radius 2 is 2.00 bits per heavy atom. The van der Waals surface area contributed by atoms with Crippen LogP contribution in [0.15, 0.2) is 24.3 Å². The van der Waals surface area contributed by atoms with Gasteiger partial charge in [0.05, 0.1) is 18.6 Å². The highest BCUT2D eigenvalue weighted by atomic mass is 16.5. The van der Waals surface area contributed by atoms with Crippen LogP contribution in [0.3, 0.4) is 0 Å². The molecule has 1 aromatic carbocycles. The number of aliphatic carboxylic acids is 1.